The number of Topliss-reactive ketones (excluding diaryl/α,β-unsaturated/α-hetero) is 1. The summed E-state index contributed by atoms with van der Waals surface area (Å²) in [5.41, 5.74) is 0.605. The van der Waals surface area contributed by atoms with E-state index in [0.29, 0.717) is 12.0 Å². The van der Waals surface area contributed by atoms with Gasteiger partial charge in [-0.2, -0.15) is 12.6 Å². The first-order valence-corrected chi connectivity index (χ1v) is 6.33. The van der Waals surface area contributed by atoms with Gasteiger partial charge < -0.3 is 5.32 Å². The van der Waals surface area contributed by atoms with Crippen LogP contribution in [0, 0.1) is 0 Å². The predicted molar refractivity (Wildman–Crippen MR) is 76.1 cm³/mol. The Hall–Kier alpha value is -1.29. The second-order valence-electron chi connectivity index (χ2n) is 5.00. The van der Waals surface area contributed by atoms with Gasteiger partial charge in [0.25, 0.3) is 0 Å². The lowest BCUT2D eigenvalue weighted by molar-refractivity contribution is -0.119. The second kappa shape index (κ2) is 6.05. The number of amides is 1. The number of carbonyl (C=O) groups is 2. The maximum Gasteiger partial charge on any atom is 0.217 e. The normalized spacial score (nSPS) is 12.9. The molecule has 0 radical (unpaired) electrons. The van der Waals surface area contributed by atoms with Crippen LogP contribution in [-0.4, -0.2) is 22.5 Å². The molecule has 0 saturated heterocycles. The van der Waals surface area contributed by atoms with Crippen LogP contribution in [0.15, 0.2) is 30.3 Å². The molecule has 1 aromatic rings. The van der Waals surface area contributed by atoms with Gasteiger partial charge in [-0.3, -0.25) is 9.59 Å². The van der Waals surface area contributed by atoms with Crippen LogP contribution < -0.4 is 5.32 Å². The Balaban J connectivity index is 2.89. The van der Waals surface area contributed by atoms with E-state index in [1.807, 2.05) is 32.0 Å². The number of ketones is 1. The molecule has 0 saturated carbocycles. The molecule has 1 N–H and O–H groups in total. The minimum absolute atomic E-state index is 0.0760. The third kappa shape index (κ3) is 4.92. The molecule has 3 nitrogen and oxygen atoms in total. The Kier molecular flexibility index (Phi) is 4.96. The Labute approximate surface area is 113 Å². The predicted octanol–water partition coefficient (Wildman–Crippen LogP) is 2.47. The summed E-state index contributed by atoms with van der Waals surface area (Å²) in [7, 11) is 0. The Morgan fingerprint density at radius 1 is 1.28 bits per heavy atom. The first-order chi connectivity index (χ1) is 8.29. The van der Waals surface area contributed by atoms with Crippen LogP contribution in [-0.2, 0) is 4.79 Å². The Bertz CT molecular complexity index is 423. The van der Waals surface area contributed by atoms with Crippen molar-refractivity contribution in [2.75, 3.05) is 0 Å². The number of hydrogen-bond acceptors (Lipinski definition) is 3. The maximum absolute atomic E-state index is 12.3. The van der Waals surface area contributed by atoms with Gasteiger partial charge in [-0.1, -0.05) is 44.2 Å². The number of nitrogens with one attached hydrogen (secondary N) is 1. The standard InChI is InChI=1S/C14H19NO2S/c1-10(16)15-12(9-14(2,3)18)13(17)11-7-5-4-6-8-11/h4-8,12,18H,9H2,1-3H3,(H,15,16). The molecular weight excluding hydrogens is 246 g/mol. The van der Waals surface area contributed by atoms with Crippen LogP contribution in [0.5, 0.6) is 0 Å². The summed E-state index contributed by atoms with van der Waals surface area (Å²) in [6, 6.07) is 8.45. The smallest absolute Gasteiger partial charge is 0.217 e. The number of benzene rings is 1. The molecule has 0 aliphatic carbocycles. The van der Waals surface area contributed by atoms with Gasteiger partial charge in [-0.15, -0.1) is 0 Å². The van der Waals surface area contributed by atoms with E-state index in [4.69, 9.17) is 0 Å². The lowest BCUT2D eigenvalue weighted by Gasteiger charge is -2.24. The van der Waals surface area contributed by atoms with Crippen molar-refractivity contribution in [2.45, 2.75) is 38.0 Å². The molecule has 1 rings (SSSR count). The lowest BCUT2D eigenvalue weighted by atomic mass is 9.95. The second-order valence-corrected chi connectivity index (χ2v) is 6.21. The van der Waals surface area contributed by atoms with Gasteiger partial charge >= 0.3 is 0 Å². The molecule has 0 aromatic heterocycles. The molecule has 4 heteroatoms. The molecule has 18 heavy (non-hydrogen) atoms. The van der Waals surface area contributed by atoms with E-state index in [1.54, 1.807) is 12.1 Å². The van der Waals surface area contributed by atoms with Crippen molar-refractivity contribution < 1.29 is 9.59 Å². The molecule has 98 valence electrons. The average molecular weight is 265 g/mol. The fraction of sp³-hybridized carbons (Fsp3) is 0.429. The summed E-state index contributed by atoms with van der Waals surface area (Å²) in [5.74, 6) is -0.283. The van der Waals surface area contributed by atoms with Crippen molar-refractivity contribution in [3.05, 3.63) is 35.9 Å². The van der Waals surface area contributed by atoms with E-state index in [2.05, 4.69) is 17.9 Å². The molecule has 1 atom stereocenters. The first-order valence-electron chi connectivity index (χ1n) is 5.88. The van der Waals surface area contributed by atoms with E-state index in [0.717, 1.165) is 0 Å². The molecule has 1 aromatic carbocycles. The monoisotopic (exact) mass is 265 g/mol. The summed E-state index contributed by atoms with van der Waals surface area (Å²) < 4.78 is -0.322. The summed E-state index contributed by atoms with van der Waals surface area (Å²) in [4.78, 5) is 23.5. The average Bonchev–Trinajstić information content (AvgIpc) is 2.26. The highest BCUT2D eigenvalue weighted by molar-refractivity contribution is 7.81. The minimum atomic E-state index is -0.530. The molecule has 0 fully saturated rings. The quantitative estimate of drug-likeness (QED) is 0.634. The largest absolute Gasteiger partial charge is 0.346 e. The number of rotatable bonds is 5. The van der Waals surface area contributed by atoms with Gasteiger partial charge in [-0.25, -0.2) is 0 Å². The zero-order valence-corrected chi connectivity index (χ0v) is 11.8. The van der Waals surface area contributed by atoms with Gasteiger partial charge in [0, 0.05) is 17.2 Å². The van der Waals surface area contributed by atoms with Crippen molar-refractivity contribution in [3.63, 3.8) is 0 Å². The summed E-state index contributed by atoms with van der Waals surface area (Å²) in [5, 5.41) is 2.70. The van der Waals surface area contributed by atoms with E-state index in [-0.39, 0.29) is 16.4 Å². The van der Waals surface area contributed by atoms with Crippen LogP contribution in [0.4, 0.5) is 0 Å². The van der Waals surface area contributed by atoms with Gasteiger partial charge in [0.2, 0.25) is 5.91 Å². The van der Waals surface area contributed by atoms with E-state index < -0.39 is 6.04 Å². The Morgan fingerprint density at radius 3 is 2.28 bits per heavy atom. The van der Waals surface area contributed by atoms with Gasteiger partial charge in [-0.05, 0) is 6.42 Å². The van der Waals surface area contributed by atoms with Crippen LogP contribution in [0.3, 0.4) is 0 Å². The third-order valence-electron chi connectivity index (χ3n) is 2.46. The van der Waals surface area contributed by atoms with Gasteiger partial charge in [0.05, 0.1) is 6.04 Å². The third-order valence-corrected chi connectivity index (χ3v) is 2.64. The molecule has 1 unspecified atom stereocenters. The fourth-order valence-corrected chi connectivity index (χ4v) is 1.94. The maximum atomic E-state index is 12.3. The van der Waals surface area contributed by atoms with Crippen molar-refractivity contribution in [2.24, 2.45) is 0 Å². The topological polar surface area (TPSA) is 46.2 Å². The van der Waals surface area contributed by atoms with Crippen LogP contribution >= 0.6 is 12.6 Å². The zero-order valence-electron chi connectivity index (χ0n) is 10.9. The van der Waals surface area contributed by atoms with Crippen LogP contribution in [0.1, 0.15) is 37.6 Å². The van der Waals surface area contributed by atoms with Gasteiger partial charge in [0.1, 0.15) is 0 Å². The van der Waals surface area contributed by atoms with E-state index in [9.17, 15) is 9.59 Å². The first kappa shape index (κ1) is 14.8. The van der Waals surface area contributed by atoms with Crippen molar-refractivity contribution >= 4 is 24.3 Å². The number of carbonyl (C=O) groups excluding carboxylic acids is 2. The van der Waals surface area contributed by atoms with Crippen molar-refractivity contribution in [1.82, 2.24) is 5.32 Å². The van der Waals surface area contributed by atoms with Gasteiger partial charge in [0.15, 0.2) is 5.78 Å². The summed E-state index contributed by atoms with van der Waals surface area (Å²) in [6.45, 7) is 5.25. The fourth-order valence-electron chi connectivity index (χ4n) is 1.76. The number of thiol groups is 1. The summed E-state index contributed by atoms with van der Waals surface area (Å²) in [6.07, 6.45) is 0.490. The van der Waals surface area contributed by atoms with Crippen molar-refractivity contribution in [1.29, 1.82) is 0 Å². The molecule has 0 bridgehead atoms. The Morgan fingerprint density at radius 2 is 1.83 bits per heavy atom. The molecule has 1 amide bonds. The SMILES string of the molecule is CC(=O)NC(CC(C)(C)S)C(=O)c1ccccc1. The number of hydrogen-bond donors (Lipinski definition) is 2. The molecule has 0 spiro atoms. The van der Waals surface area contributed by atoms with Crippen molar-refractivity contribution in [3.8, 4) is 0 Å². The lowest BCUT2D eigenvalue weighted by Crippen LogP contribution is -2.43. The highest BCUT2D eigenvalue weighted by Crippen LogP contribution is 2.21. The zero-order chi connectivity index (χ0) is 13.8. The summed E-state index contributed by atoms with van der Waals surface area (Å²) >= 11 is 4.42. The highest BCUT2D eigenvalue weighted by atomic mass is 32.1. The molecule has 0 aliphatic heterocycles. The molecular formula is C14H19NO2S. The van der Waals surface area contributed by atoms with E-state index >= 15 is 0 Å². The molecule has 0 heterocycles. The van der Waals surface area contributed by atoms with Crippen LogP contribution in [0.25, 0.3) is 0 Å². The van der Waals surface area contributed by atoms with Crippen LogP contribution in [0.2, 0.25) is 0 Å². The minimum Gasteiger partial charge on any atom is -0.346 e. The molecule has 0 aliphatic rings. The highest BCUT2D eigenvalue weighted by Gasteiger charge is 2.26. The van der Waals surface area contributed by atoms with E-state index in [1.165, 1.54) is 6.92 Å².